The number of halogens is 3. The van der Waals surface area contributed by atoms with E-state index in [4.69, 9.17) is 0 Å². The van der Waals surface area contributed by atoms with Crippen molar-refractivity contribution >= 4 is 11.6 Å². The minimum Gasteiger partial charge on any atom is -0.322 e. The lowest BCUT2D eigenvalue weighted by Gasteiger charge is -2.19. The Labute approximate surface area is 137 Å². The maximum atomic E-state index is 12.9. The largest absolute Gasteiger partial charge is 0.433 e. The zero-order valence-electron chi connectivity index (χ0n) is 13.6. The van der Waals surface area contributed by atoms with E-state index in [0.29, 0.717) is 5.69 Å². The van der Waals surface area contributed by atoms with Crippen LogP contribution in [-0.4, -0.2) is 16.1 Å². The number of hydrogen-bond donors (Lipinski definition) is 2. The Balaban J connectivity index is 1.96. The van der Waals surface area contributed by atoms with Crippen LogP contribution in [0, 0.1) is 0 Å². The fourth-order valence-electron chi connectivity index (χ4n) is 3.64. The summed E-state index contributed by atoms with van der Waals surface area (Å²) in [4.78, 5) is 12.3. The molecule has 0 bridgehead atoms. The highest BCUT2D eigenvalue weighted by Crippen LogP contribution is 2.48. The van der Waals surface area contributed by atoms with Gasteiger partial charge in [-0.3, -0.25) is 9.89 Å². The van der Waals surface area contributed by atoms with Gasteiger partial charge in [0.15, 0.2) is 5.69 Å². The summed E-state index contributed by atoms with van der Waals surface area (Å²) in [5.41, 5.74) is 1.00. The third kappa shape index (κ3) is 2.68. The molecule has 3 rings (SSSR count). The number of anilines is 1. The summed E-state index contributed by atoms with van der Waals surface area (Å²) in [5.74, 6) is -0.598. The molecule has 1 aromatic heterocycles. The Kier molecular flexibility index (Phi) is 3.69. The number of H-pyrrole nitrogens is 1. The Hall–Kier alpha value is -2.31. The van der Waals surface area contributed by atoms with Gasteiger partial charge in [0, 0.05) is 5.69 Å². The van der Waals surface area contributed by atoms with Crippen LogP contribution in [0.5, 0.6) is 0 Å². The van der Waals surface area contributed by atoms with Crippen molar-refractivity contribution in [1.29, 1.82) is 0 Å². The van der Waals surface area contributed by atoms with E-state index in [-0.39, 0.29) is 11.3 Å². The number of hydrogen-bond acceptors (Lipinski definition) is 2. The summed E-state index contributed by atoms with van der Waals surface area (Å²) < 4.78 is 38.7. The second-order valence-corrected chi connectivity index (χ2v) is 6.87. The predicted octanol–water partition coefficient (Wildman–Crippen LogP) is 4.47. The molecule has 0 radical (unpaired) electrons. The first-order chi connectivity index (χ1) is 11.1. The van der Waals surface area contributed by atoms with Crippen LogP contribution in [0.1, 0.15) is 60.3 Å². The van der Waals surface area contributed by atoms with E-state index in [1.807, 2.05) is 17.2 Å². The molecule has 128 valence electrons. The first-order valence-electron chi connectivity index (χ1n) is 7.66. The highest BCUT2D eigenvalue weighted by molar-refractivity contribution is 6.05. The maximum Gasteiger partial charge on any atom is 0.433 e. The average molecular weight is 337 g/mol. The van der Waals surface area contributed by atoms with E-state index in [1.165, 1.54) is 0 Å². The van der Waals surface area contributed by atoms with Gasteiger partial charge in [0.05, 0.1) is 11.8 Å². The van der Waals surface area contributed by atoms with Crippen molar-refractivity contribution in [3.63, 3.8) is 0 Å². The summed E-state index contributed by atoms with van der Waals surface area (Å²) in [5, 5.41) is 7.83. The van der Waals surface area contributed by atoms with Crippen LogP contribution >= 0.6 is 0 Å². The van der Waals surface area contributed by atoms with Crippen molar-refractivity contribution in [2.24, 2.45) is 0 Å². The first-order valence-corrected chi connectivity index (χ1v) is 7.66. The number of alkyl halides is 3. The van der Waals surface area contributed by atoms with E-state index in [0.717, 1.165) is 23.7 Å². The quantitative estimate of drug-likeness (QED) is 0.850. The summed E-state index contributed by atoms with van der Waals surface area (Å²) in [6.07, 6.45) is -2.83. The lowest BCUT2D eigenvalue weighted by molar-refractivity contribution is -0.141. The van der Waals surface area contributed by atoms with Crippen LogP contribution in [-0.2, 0) is 11.6 Å². The normalized spacial score (nSPS) is 19.2. The monoisotopic (exact) mass is 337 g/mol. The third-order valence-corrected chi connectivity index (χ3v) is 4.56. The standard InChI is InChI=1S/C17H18F3N3O/c1-9-7-16(2,3)11-5-4-6-12(13(9)11)22-15(24)10-8-21-23-14(10)17(18,19)20/h4-6,8-9H,7H2,1-3H3,(H,21,23)(H,22,24)/t9-/m0/s1. The van der Waals surface area contributed by atoms with Crippen molar-refractivity contribution < 1.29 is 18.0 Å². The fraction of sp³-hybridized carbons (Fsp3) is 0.412. The number of aromatic amines is 1. The molecule has 1 atom stereocenters. The molecule has 0 spiro atoms. The van der Waals surface area contributed by atoms with Crippen molar-refractivity contribution in [3.8, 4) is 0 Å². The van der Waals surface area contributed by atoms with Gasteiger partial charge in [-0.05, 0) is 34.9 Å². The molecular weight excluding hydrogens is 319 g/mol. The average Bonchev–Trinajstić information content (AvgIpc) is 3.03. The lowest BCUT2D eigenvalue weighted by Crippen LogP contribution is -2.19. The zero-order chi connectivity index (χ0) is 17.7. The number of nitrogens with one attached hydrogen (secondary N) is 2. The Morgan fingerprint density at radius 2 is 2.08 bits per heavy atom. The highest BCUT2D eigenvalue weighted by atomic mass is 19.4. The molecule has 1 aliphatic rings. The molecule has 7 heteroatoms. The third-order valence-electron chi connectivity index (χ3n) is 4.56. The fourth-order valence-corrected chi connectivity index (χ4v) is 3.64. The van der Waals surface area contributed by atoms with E-state index in [9.17, 15) is 18.0 Å². The van der Waals surface area contributed by atoms with Crippen molar-refractivity contribution in [1.82, 2.24) is 10.2 Å². The zero-order valence-corrected chi connectivity index (χ0v) is 13.6. The van der Waals surface area contributed by atoms with E-state index in [2.05, 4.69) is 31.2 Å². The van der Waals surface area contributed by atoms with Crippen LogP contribution in [0.4, 0.5) is 18.9 Å². The summed E-state index contributed by atoms with van der Waals surface area (Å²) in [6.45, 7) is 6.31. The van der Waals surface area contributed by atoms with E-state index >= 15 is 0 Å². The first kappa shape index (κ1) is 16.5. The Morgan fingerprint density at radius 3 is 2.75 bits per heavy atom. The van der Waals surface area contributed by atoms with Gasteiger partial charge in [-0.2, -0.15) is 18.3 Å². The van der Waals surface area contributed by atoms with Crippen molar-refractivity contribution in [2.45, 2.75) is 44.7 Å². The van der Waals surface area contributed by atoms with Gasteiger partial charge in [-0.25, -0.2) is 0 Å². The molecule has 2 aromatic rings. The molecule has 4 nitrogen and oxygen atoms in total. The topological polar surface area (TPSA) is 57.8 Å². The number of benzene rings is 1. The molecule has 0 saturated carbocycles. The van der Waals surface area contributed by atoms with Crippen LogP contribution in [0.15, 0.2) is 24.4 Å². The number of carbonyl (C=O) groups is 1. The number of carbonyl (C=O) groups excluding carboxylic acids is 1. The Morgan fingerprint density at radius 1 is 1.38 bits per heavy atom. The van der Waals surface area contributed by atoms with Gasteiger partial charge in [0.1, 0.15) is 0 Å². The molecule has 0 saturated heterocycles. The van der Waals surface area contributed by atoms with Crippen LogP contribution in [0.2, 0.25) is 0 Å². The van der Waals surface area contributed by atoms with E-state index in [1.54, 1.807) is 6.07 Å². The number of fused-ring (bicyclic) bond motifs is 1. The molecule has 0 unspecified atom stereocenters. The predicted molar refractivity (Wildman–Crippen MR) is 84.0 cm³/mol. The number of aromatic nitrogens is 2. The van der Waals surface area contributed by atoms with E-state index < -0.39 is 23.3 Å². The van der Waals surface area contributed by atoms with Crippen molar-refractivity contribution in [3.05, 3.63) is 46.8 Å². The molecule has 1 heterocycles. The minimum absolute atomic E-state index is 0.0255. The van der Waals surface area contributed by atoms with Crippen LogP contribution in [0.3, 0.4) is 0 Å². The second kappa shape index (κ2) is 5.36. The van der Waals surface area contributed by atoms with Crippen molar-refractivity contribution in [2.75, 3.05) is 5.32 Å². The van der Waals surface area contributed by atoms with Gasteiger partial charge >= 0.3 is 6.18 Å². The molecule has 0 aliphatic heterocycles. The highest BCUT2D eigenvalue weighted by Gasteiger charge is 2.39. The smallest absolute Gasteiger partial charge is 0.322 e. The summed E-state index contributed by atoms with van der Waals surface area (Å²) in [7, 11) is 0. The molecule has 1 amide bonds. The second-order valence-electron chi connectivity index (χ2n) is 6.87. The Bertz CT molecular complexity index is 793. The SMILES string of the molecule is C[C@H]1CC(C)(C)c2cccc(NC(=O)c3cn[nH]c3C(F)(F)F)c21. The van der Waals surface area contributed by atoms with Crippen LogP contribution < -0.4 is 5.32 Å². The van der Waals surface area contributed by atoms with Gasteiger partial charge < -0.3 is 5.32 Å². The van der Waals surface area contributed by atoms with Crippen LogP contribution in [0.25, 0.3) is 0 Å². The maximum absolute atomic E-state index is 12.9. The summed E-state index contributed by atoms with van der Waals surface area (Å²) >= 11 is 0. The molecule has 2 N–H and O–H groups in total. The van der Waals surface area contributed by atoms with Gasteiger partial charge in [-0.15, -0.1) is 0 Å². The molecular formula is C17H18F3N3O. The molecule has 1 aromatic carbocycles. The number of amides is 1. The summed E-state index contributed by atoms with van der Waals surface area (Å²) in [6, 6.07) is 5.55. The van der Waals surface area contributed by atoms with Gasteiger partial charge in [0.25, 0.3) is 5.91 Å². The van der Waals surface area contributed by atoms with Gasteiger partial charge in [-0.1, -0.05) is 32.9 Å². The molecule has 24 heavy (non-hydrogen) atoms. The lowest BCUT2D eigenvalue weighted by atomic mass is 9.86. The van der Waals surface area contributed by atoms with Gasteiger partial charge in [0.2, 0.25) is 0 Å². The number of nitrogens with zero attached hydrogens (tertiary/aromatic N) is 1. The molecule has 1 aliphatic carbocycles. The molecule has 0 fully saturated rings. The minimum atomic E-state index is -4.66. The number of rotatable bonds is 2.